The number of carbonyl (C=O) groups is 3. The summed E-state index contributed by atoms with van der Waals surface area (Å²) in [5.74, 6) is -2.57. The Labute approximate surface area is 214 Å². The number of ether oxygens (including phenoxy) is 2. The number of aliphatic hydroxyl groups is 1. The van der Waals surface area contributed by atoms with E-state index < -0.39 is 41.1 Å². The van der Waals surface area contributed by atoms with Gasteiger partial charge in [-0.15, -0.1) is 0 Å². The minimum atomic E-state index is -1.26. The Morgan fingerprint density at radius 3 is 2.53 bits per heavy atom. The Kier molecular flexibility index (Phi) is 7.41. The molecule has 8 heteroatoms. The van der Waals surface area contributed by atoms with Crippen LogP contribution in [0.15, 0.2) is 24.3 Å². The van der Waals surface area contributed by atoms with Gasteiger partial charge in [-0.2, -0.15) is 0 Å². The van der Waals surface area contributed by atoms with Crippen molar-refractivity contribution in [3.8, 4) is 0 Å². The summed E-state index contributed by atoms with van der Waals surface area (Å²) < 4.78 is 12.2. The van der Waals surface area contributed by atoms with Gasteiger partial charge >= 0.3 is 5.97 Å². The van der Waals surface area contributed by atoms with Crippen LogP contribution >= 0.6 is 0 Å². The Balaban J connectivity index is 1.79. The first kappa shape index (κ1) is 26.9. The Hall–Kier alpha value is -2.19. The van der Waals surface area contributed by atoms with Gasteiger partial charge < -0.3 is 24.4 Å². The third-order valence-corrected chi connectivity index (χ3v) is 7.85. The molecule has 5 atom stereocenters. The summed E-state index contributed by atoms with van der Waals surface area (Å²) in [4.78, 5) is 45.0. The fraction of sp³-hybridized carbons (Fsp3) is 0.750. The van der Waals surface area contributed by atoms with E-state index in [0.29, 0.717) is 19.6 Å². The number of fused-ring (bicyclic) bond motifs is 2. The van der Waals surface area contributed by atoms with Gasteiger partial charge in [0.05, 0.1) is 18.6 Å². The fourth-order valence-corrected chi connectivity index (χ4v) is 6.84. The lowest BCUT2D eigenvalue weighted by molar-refractivity contribution is -0.156. The van der Waals surface area contributed by atoms with Gasteiger partial charge in [-0.1, -0.05) is 45.1 Å². The predicted octanol–water partition coefficient (Wildman–Crippen LogP) is 2.85. The molecule has 4 aliphatic heterocycles. The molecule has 4 heterocycles. The van der Waals surface area contributed by atoms with Gasteiger partial charge in [0.15, 0.2) is 0 Å². The van der Waals surface area contributed by atoms with Gasteiger partial charge in [-0.3, -0.25) is 14.4 Å². The molecular weight excluding hydrogens is 460 g/mol. The maximum Gasteiger partial charge on any atom is 0.312 e. The first-order valence-corrected chi connectivity index (χ1v) is 13.3. The van der Waals surface area contributed by atoms with E-state index in [0.717, 1.165) is 25.7 Å². The van der Waals surface area contributed by atoms with Crippen LogP contribution in [0.25, 0.3) is 0 Å². The maximum atomic E-state index is 14.4. The van der Waals surface area contributed by atoms with Crippen LogP contribution < -0.4 is 0 Å². The molecule has 36 heavy (non-hydrogen) atoms. The van der Waals surface area contributed by atoms with E-state index in [9.17, 15) is 19.5 Å². The predicted molar refractivity (Wildman–Crippen MR) is 135 cm³/mol. The maximum absolute atomic E-state index is 14.4. The van der Waals surface area contributed by atoms with Gasteiger partial charge in [0.2, 0.25) is 11.8 Å². The molecule has 0 aliphatic carbocycles. The van der Waals surface area contributed by atoms with Crippen LogP contribution in [-0.2, 0) is 23.9 Å². The molecule has 4 rings (SSSR count). The zero-order valence-electron chi connectivity index (χ0n) is 22.4. The molecule has 8 nitrogen and oxygen atoms in total. The van der Waals surface area contributed by atoms with E-state index in [1.54, 1.807) is 4.90 Å². The van der Waals surface area contributed by atoms with Crippen LogP contribution in [0, 0.1) is 17.3 Å². The molecule has 0 saturated carbocycles. The van der Waals surface area contributed by atoms with Crippen LogP contribution in [0.5, 0.6) is 0 Å². The SMILES string of the molecule is CC(C)(C)CC(C)(C)N1CC=C[C@]23O[C@@H]4/C=C\CCCCOC(=O)[C@@H]4[C@H]2C(=O)N(CCCO)C3C1=O. The summed E-state index contributed by atoms with van der Waals surface area (Å²) in [7, 11) is 0. The Morgan fingerprint density at radius 2 is 1.83 bits per heavy atom. The van der Waals surface area contributed by atoms with Crippen molar-refractivity contribution in [3.63, 3.8) is 0 Å². The number of rotatable bonds is 5. The highest BCUT2D eigenvalue weighted by Crippen LogP contribution is 2.53. The van der Waals surface area contributed by atoms with Crippen molar-refractivity contribution >= 4 is 17.8 Å². The van der Waals surface area contributed by atoms with Gasteiger partial charge in [0.25, 0.3) is 0 Å². The number of nitrogens with zero attached hydrogens (tertiary/aromatic N) is 2. The molecular formula is C28H42N2O6. The molecule has 2 saturated heterocycles. The van der Waals surface area contributed by atoms with Crippen molar-refractivity contribution in [2.45, 2.75) is 90.0 Å². The highest BCUT2D eigenvalue weighted by molar-refractivity contribution is 5.99. The van der Waals surface area contributed by atoms with Crippen molar-refractivity contribution in [3.05, 3.63) is 24.3 Å². The molecule has 0 aromatic carbocycles. The number of carbonyl (C=O) groups excluding carboxylic acids is 3. The number of amides is 2. The molecule has 0 aromatic rings. The van der Waals surface area contributed by atoms with Gasteiger partial charge in [0, 0.05) is 25.2 Å². The zero-order valence-corrected chi connectivity index (χ0v) is 22.4. The first-order chi connectivity index (χ1) is 16.9. The average molecular weight is 503 g/mol. The first-order valence-electron chi connectivity index (χ1n) is 13.3. The number of esters is 1. The van der Waals surface area contributed by atoms with Crippen LogP contribution in [-0.4, -0.2) is 82.3 Å². The molecule has 1 unspecified atom stereocenters. The van der Waals surface area contributed by atoms with Gasteiger partial charge in [0.1, 0.15) is 17.6 Å². The van der Waals surface area contributed by atoms with Crippen LogP contribution in [0.1, 0.15) is 66.7 Å². The molecule has 4 aliphatic rings. The zero-order chi connectivity index (χ0) is 26.3. The molecule has 1 N–H and O–H groups in total. The molecule has 0 radical (unpaired) electrons. The molecule has 2 amide bonds. The Bertz CT molecular complexity index is 935. The lowest BCUT2D eigenvalue weighted by Crippen LogP contribution is -2.60. The van der Waals surface area contributed by atoms with Crippen molar-refractivity contribution in [1.29, 1.82) is 0 Å². The fourth-order valence-electron chi connectivity index (χ4n) is 6.84. The Morgan fingerprint density at radius 1 is 1.08 bits per heavy atom. The smallest absolute Gasteiger partial charge is 0.312 e. The lowest BCUT2D eigenvalue weighted by atomic mass is 9.77. The van der Waals surface area contributed by atoms with Crippen LogP contribution in [0.4, 0.5) is 0 Å². The third-order valence-electron chi connectivity index (χ3n) is 7.85. The molecule has 0 aromatic heterocycles. The number of allylic oxidation sites excluding steroid dienone is 1. The van der Waals surface area contributed by atoms with E-state index in [1.807, 2.05) is 29.2 Å². The number of aliphatic hydroxyl groups excluding tert-OH is 1. The normalized spacial score (nSPS) is 34.1. The highest BCUT2D eigenvalue weighted by Gasteiger charge is 2.72. The molecule has 0 bridgehead atoms. The number of hydrogen-bond acceptors (Lipinski definition) is 6. The van der Waals surface area contributed by atoms with Gasteiger partial charge in [-0.05, 0) is 51.4 Å². The average Bonchev–Trinajstić information content (AvgIpc) is 3.15. The number of likely N-dealkylation sites (tertiary alicyclic amines) is 1. The topological polar surface area (TPSA) is 96.4 Å². The van der Waals surface area contributed by atoms with Crippen molar-refractivity contribution in [2.75, 3.05) is 26.3 Å². The van der Waals surface area contributed by atoms with Crippen molar-refractivity contribution in [2.24, 2.45) is 17.3 Å². The monoisotopic (exact) mass is 502 g/mol. The highest BCUT2D eigenvalue weighted by atomic mass is 16.6. The van der Waals surface area contributed by atoms with E-state index in [-0.39, 0.29) is 30.4 Å². The third kappa shape index (κ3) is 4.74. The number of hydrogen-bond donors (Lipinski definition) is 1. The minimum Gasteiger partial charge on any atom is -0.465 e. The van der Waals surface area contributed by atoms with E-state index in [4.69, 9.17) is 9.47 Å². The number of cyclic esters (lactones) is 1. The largest absolute Gasteiger partial charge is 0.465 e. The van der Waals surface area contributed by atoms with Crippen molar-refractivity contribution in [1.82, 2.24) is 9.80 Å². The van der Waals surface area contributed by atoms with E-state index >= 15 is 0 Å². The second-order valence-corrected chi connectivity index (χ2v) is 12.4. The van der Waals surface area contributed by atoms with E-state index in [1.165, 1.54) is 0 Å². The summed E-state index contributed by atoms with van der Waals surface area (Å²) >= 11 is 0. The second kappa shape index (κ2) is 9.93. The second-order valence-electron chi connectivity index (χ2n) is 12.4. The van der Waals surface area contributed by atoms with Crippen LogP contribution in [0.2, 0.25) is 0 Å². The van der Waals surface area contributed by atoms with Crippen molar-refractivity contribution < 1.29 is 29.0 Å². The standard InChI is InChI=1S/C28H42N2O6/c1-26(2,3)18-27(4,5)30-15-10-13-28-21(23(32)29(14-11-16-31)22(28)24(30)33)20-19(36-28)12-8-6-7-9-17-35-25(20)34/h8,10,12-13,19-22,31H,6-7,9,11,14-18H2,1-5H3/b12-8-/t19-,20+,21+,22?,28+/m1/s1. The van der Waals surface area contributed by atoms with Gasteiger partial charge in [-0.25, -0.2) is 0 Å². The summed E-state index contributed by atoms with van der Waals surface area (Å²) in [6.45, 7) is 11.4. The quantitative estimate of drug-likeness (QED) is 0.459. The van der Waals surface area contributed by atoms with Crippen LogP contribution in [0.3, 0.4) is 0 Å². The summed E-state index contributed by atoms with van der Waals surface area (Å²) in [5.41, 5.74) is -1.74. The lowest BCUT2D eigenvalue weighted by Gasteiger charge is -2.44. The molecule has 200 valence electrons. The molecule has 2 fully saturated rings. The van der Waals surface area contributed by atoms with E-state index in [2.05, 4.69) is 34.6 Å². The molecule has 1 spiro atoms. The summed E-state index contributed by atoms with van der Waals surface area (Å²) in [6.07, 6.45) is 10.6. The summed E-state index contributed by atoms with van der Waals surface area (Å²) in [5, 5.41) is 9.53. The minimum absolute atomic E-state index is 0.0109. The summed E-state index contributed by atoms with van der Waals surface area (Å²) in [6, 6.07) is -0.904.